The van der Waals surface area contributed by atoms with Crippen molar-refractivity contribution in [1.82, 2.24) is 10.5 Å². The lowest BCUT2D eigenvalue weighted by Gasteiger charge is -2.17. The number of nitrogens with one attached hydrogen (secondary N) is 2. The number of rotatable bonds is 6. The van der Waals surface area contributed by atoms with Crippen LogP contribution in [0, 0.1) is 12.8 Å². The summed E-state index contributed by atoms with van der Waals surface area (Å²) in [6.45, 7) is 5.17. The Balaban J connectivity index is 2.43. The van der Waals surface area contributed by atoms with Crippen LogP contribution in [0.4, 0.5) is 5.88 Å². The molecule has 1 unspecified atom stereocenters. The highest BCUT2D eigenvalue weighted by molar-refractivity contribution is 5.91. The van der Waals surface area contributed by atoms with Crippen molar-refractivity contribution in [3.8, 4) is 0 Å². The van der Waals surface area contributed by atoms with Gasteiger partial charge in [0.15, 0.2) is 0 Å². The van der Waals surface area contributed by atoms with E-state index in [0.29, 0.717) is 5.69 Å². The average Bonchev–Trinajstić information content (AvgIpc) is 2.62. The fraction of sp³-hybridized carbons (Fsp3) is 0.545. The molecule has 1 rings (SSSR count). The number of amides is 1. The smallest absolute Gasteiger partial charge is 0.320 e. The molecule has 0 saturated heterocycles. The maximum absolute atomic E-state index is 11.5. The predicted molar refractivity (Wildman–Crippen MR) is 64.1 cm³/mol. The number of carbonyl (C=O) groups excluding carboxylic acids is 1. The number of nitrogens with zero attached hydrogens (tertiary/aromatic N) is 1. The fourth-order valence-electron chi connectivity index (χ4n) is 1.41. The predicted octanol–water partition coefficient (Wildman–Crippen LogP) is 0.620. The van der Waals surface area contributed by atoms with Gasteiger partial charge < -0.3 is 9.63 Å². The molecule has 1 heterocycles. The van der Waals surface area contributed by atoms with Crippen LogP contribution < -0.4 is 10.6 Å². The van der Waals surface area contributed by atoms with Crippen molar-refractivity contribution in [1.29, 1.82) is 0 Å². The first kappa shape index (κ1) is 14.2. The maximum Gasteiger partial charge on any atom is 0.320 e. The van der Waals surface area contributed by atoms with Gasteiger partial charge in [0.05, 0.1) is 12.2 Å². The van der Waals surface area contributed by atoms with E-state index in [9.17, 15) is 9.59 Å². The second-order valence-electron chi connectivity index (χ2n) is 4.32. The lowest BCUT2D eigenvalue weighted by Crippen LogP contribution is -2.44. The average molecular weight is 255 g/mol. The van der Waals surface area contributed by atoms with Crippen LogP contribution in [0.15, 0.2) is 10.6 Å². The largest absolute Gasteiger partial charge is 0.480 e. The molecule has 0 aliphatic heterocycles. The molecule has 0 spiro atoms. The topological polar surface area (TPSA) is 104 Å². The molecule has 0 radical (unpaired) electrons. The van der Waals surface area contributed by atoms with Gasteiger partial charge in [-0.05, 0) is 12.8 Å². The molecule has 3 N–H and O–H groups in total. The second kappa shape index (κ2) is 6.15. The molecule has 0 aliphatic rings. The molecule has 7 heteroatoms. The Labute approximate surface area is 105 Å². The summed E-state index contributed by atoms with van der Waals surface area (Å²) in [4.78, 5) is 22.4. The van der Waals surface area contributed by atoms with Crippen molar-refractivity contribution >= 4 is 17.8 Å². The third-order valence-electron chi connectivity index (χ3n) is 2.31. The molecule has 1 aromatic heterocycles. The summed E-state index contributed by atoms with van der Waals surface area (Å²) in [5, 5.41) is 17.7. The van der Waals surface area contributed by atoms with Crippen LogP contribution >= 0.6 is 0 Å². The Morgan fingerprint density at radius 2 is 2.17 bits per heavy atom. The van der Waals surface area contributed by atoms with Gasteiger partial charge in [0.1, 0.15) is 6.04 Å². The van der Waals surface area contributed by atoms with Crippen LogP contribution in [-0.2, 0) is 9.59 Å². The number of aromatic nitrogens is 1. The number of aryl methyl sites for hydroxylation is 1. The minimum atomic E-state index is -0.978. The van der Waals surface area contributed by atoms with E-state index in [1.165, 1.54) is 0 Å². The molecule has 1 amide bonds. The quantitative estimate of drug-likeness (QED) is 0.688. The molecule has 1 atom stereocenters. The fourth-order valence-corrected chi connectivity index (χ4v) is 1.41. The van der Waals surface area contributed by atoms with Crippen molar-refractivity contribution in [3.63, 3.8) is 0 Å². The van der Waals surface area contributed by atoms with Crippen molar-refractivity contribution < 1.29 is 19.2 Å². The molecular weight excluding hydrogens is 238 g/mol. The molecule has 0 saturated carbocycles. The van der Waals surface area contributed by atoms with Crippen molar-refractivity contribution in [2.24, 2.45) is 5.92 Å². The molecule has 0 fully saturated rings. The maximum atomic E-state index is 11.5. The summed E-state index contributed by atoms with van der Waals surface area (Å²) < 4.78 is 4.81. The highest BCUT2D eigenvalue weighted by atomic mass is 16.5. The molecule has 0 aromatic carbocycles. The molecule has 7 nitrogen and oxygen atoms in total. The van der Waals surface area contributed by atoms with Gasteiger partial charge in [-0.15, -0.1) is 0 Å². The van der Waals surface area contributed by atoms with E-state index in [1.807, 2.05) is 0 Å². The number of carbonyl (C=O) groups is 2. The zero-order valence-corrected chi connectivity index (χ0v) is 10.6. The summed E-state index contributed by atoms with van der Waals surface area (Å²) in [6.07, 6.45) is 0. The molecule has 1 aromatic rings. The number of anilines is 1. The van der Waals surface area contributed by atoms with E-state index >= 15 is 0 Å². The van der Waals surface area contributed by atoms with Crippen LogP contribution in [-0.4, -0.2) is 34.7 Å². The van der Waals surface area contributed by atoms with Crippen LogP contribution in [0.25, 0.3) is 0 Å². The third kappa shape index (κ3) is 4.17. The van der Waals surface area contributed by atoms with E-state index in [1.54, 1.807) is 26.8 Å². The summed E-state index contributed by atoms with van der Waals surface area (Å²) >= 11 is 0. The van der Waals surface area contributed by atoms with Crippen molar-refractivity contribution in [3.05, 3.63) is 11.8 Å². The number of hydrogen-bond donors (Lipinski definition) is 3. The standard InChI is InChI=1S/C11H17N3O4/c1-6(2)10(11(16)17)12-5-8(15)13-9-4-7(3)14-18-9/h4,6,10,12H,5H2,1-3H3,(H,13,15)(H,16,17). The van der Waals surface area contributed by atoms with Gasteiger partial charge in [-0.2, -0.15) is 0 Å². The zero-order chi connectivity index (χ0) is 13.7. The SMILES string of the molecule is Cc1cc(NC(=O)CNC(C(=O)O)C(C)C)on1. The van der Waals surface area contributed by atoms with E-state index in [2.05, 4.69) is 15.8 Å². The molecule has 18 heavy (non-hydrogen) atoms. The number of hydrogen-bond acceptors (Lipinski definition) is 5. The highest BCUT2D eigenvalue weighted by Crippen LogP contribution is 2.07. The Morgan fingerprint density at radius 3 is 2.61 bits per heavy atom. The van der Waals surface area contributed by atoms with Gasteiger partial charge in [0.25, 0.3) is 0 Å². The Morgan fingerprint density at radius 1 is 1.50 bits per heavy atom. The van der Waals surface area contributed by atoms with E-state index in [0.717, 1.165) is 0 Å². The lowest BCUT2D eigenvalue weighted by atomic mass is 10.1. The van der Waals surface area contributed by atoms with Gasteiger partial charge in [-0.3, -0.25) is 20.2 Å². The molecular formula is C11H17N3O4. The summed E-state index contributed by atoms with van der Waals surface area (Å²) in [5.74, 6) is -1.22. The molecule has 100 valence electrons. The van der Waals surface area contributed by atoms with Gasteiger partial charge >= 0.3 is 5.97 Å². The number of aliphatic carboxylic acids is 1. The van der Waals surface area contributed by atoms with Crippen LogP contribution in [0.5, 0.6) is 0 Å². The number of carboxylic acids is 1. The monoisotopic (exact) mass is 255 g/mol. The van der Waals surface area contributed by atoms with Crippen LogP contribution in [0.1, 0.15) is 19.5 Å². The van der Waals surface area contributed by atoms with Gasteiger partial charge in [0, 0.05) is 6.07 Å². The zero-order valence-electron chi connectivity index (χ0n) is 10.6. The second-order valence-corrected chi connectivity index (χ2v) is 4.32. The van der Waals surface area contributed by atoms with Crippen molar-refractivity contribution in [2.75, 3.05) is 11.9 Å². The summed E-state index contributed by atoms with van der Waals surface area (Å²) in [7, 11) is 0. The van der Waals surface area contributed by atoms with Gasteiger partial charge in [-0.1, -0.05) is 19.0 Å². The van der Waals surface area contributed by atoms with Crippen molar-refractivity contribution in [2.45, 2.75) is 26.8 Å². The normalized spacial score (nSPS) is 12.4. The minimum absolute atomic E-state index is 0.102. The summed E-state index contributed by atoms with van der Waals surface area (Å²) in [6, 6.07) is 0.821. The Hall–Kier alpha value is -1.89. The first-order valence-electron chi connectivity index (χ1n) is 5.59. The van der Waals surface area contributed by atoms with E-state index < -0.39 is 12.0 Å². The third-order valence-corrected chi connectivity index (χ3v) is 2.31. The summed E-state index contributed by atoms with van der Waals surface area (Å²) in [5.41, 5.74) is 0.656. The Kier molecular flexibility index (Phi) is 4.85. The molecule has 0 aliphatic carbocycles. The van der Waals surface area contributed by atoms with Crippen LogP contribution in [0.2, 0.25) is 0 Å². The number of carboxylic acid groups (broad SMARTS) is 1. The first-order valence-corrected chi connectivity index (χ1v) is 5.59. The first-order chi connectivity index (χ1) is 8.40. The van der Waals surface area contributed by atoms with Gasteiger partial charge in [-0.25, -0.2) is 0 Å². The Bertz CT molecular complexity index is 428. The molecule has 0 bridgehead atoms. The van der Waals surface area contributed by atoms with E-state index in [-0.39, 0.29) is 24.3 Å². The lowest BCUT2D eigenvalue weighted by molar-refractivity contribution is -0.140. The van der Waals surface area contributed by atoms with Gasteiger partial charge in [0.2, 0.25) is 11.8 Å². The van der Waals surface area contributed by atoms with Crippen LogP contribution in [0.3, 0.4) is 0 Å². The van der Waals surface area contributed by atoms with E-state index in [4.69, 9.17) is 9.63 Å². The highest BCUT2D eigenvalue weighted by Gasteiger charge is 2.21. The minimum Gasteiger partial charge on any atom is -0.480 e.